The molecule has 8 nitrogen and oxygen atoms in total. The Bertz CT molecular complexity index is 770. The number of benzene rings is 1. The quantitative estimate of drug-likeness (QED) is 0.579. The molecule has 0 aliphatic rings. The van der Waals surface area contributed by atoms with Gasteiger partial charge < -0.3 is 14.7 Å². The Labute approximate surface area is 138 Å². The van der Waals surface area contributed by atoms with E-state index in [1.165, 1.54) is 11.2 Å². The summed E-state index contributed by atoms with van der Waals surface area (Å²) in [5.41, 5.74) is 0.719. The smallest absolute Gasteiger partial charge is 0.312 e. The van der Waals surface area contributed by atoms with Gasteiger partial charge in [0.15, 0.2) is 0 Å². The van der Waals surface area contributed by atoms with Gasteiger partial charge in [0.05, 0.1) is 6.61 Å². The van der Waals surface area contributed by atoms with E-state index < -0.39 is 10.0 Å². The molecule has 1 N–H and O–H groups in total. The average Bonchev–Trinajstić information content (AvgIpc) is 3.02. The minimum atomic E-state index is -3.84. The average molecular weight is 356 g/mol. The highest BCUT2D eigenvalue weighted by atomic mass is 32.2. The Morgan fingerprint density at radius 1 is 1.30 bits per heavy atom. The Kier molecular flexibility index (Phi) is 5.64. The number of nitrogens with zero attached hydrogens (tertiary/aromatic N) is 4. The summed E-state index contributed by atoms with van der Waals surface area (Å²) in [5, 5.41) is 16.8. The Balaban J connectivity index is 2.19. The van der Waals surface area contributed by atoms with Crippen molar-refractivity contribution in [3.8, 4) is 16.3 Å². The van der Waals surface area contributed by atoms with E-state index in [4.69, 9.17) is 9.84 Å². The van der Waals surface area contributed by atoms with Gasteiger partial charge in [-0.05, 0) is 24.3 Å². The summed E-state index contributed by atoms with van der Waals surface area (Å²) < 4.78 is 32.6. The molecule has 0 spiro atoms. The highest BCUT2D eigenvalue weighted by Gasteiger charge is 2.19. The second kappa shape index (κ2) is 7.49. The number of aliphatic hydroxyl groups excluding tert-OH is 1. The molecule has 2 aromatic rings. The van der Waals surface area contributed by atoms with Gasteiger partial charge in [0.1, 0.15) is 23.7 Å². The molecule has 124 valence electrons. The van der Waals surface area contributed by atoms with Gasteiger partial charge in [-0.1, -0.05) is 11.3 Å². The predicted molar refractivity (Wildman–Crippen MR) is 87.3 cm³/mol. The molecule has 0 saturated heterocycles. The molecule has 0 fully saturated rings. The predicted octanol–water partition coefficient (Wildman–Crippen LogP) is 0.855. The molecule has 2 rings (SSSR count). The monoisotopic (exact) mass is 356 g/mol. The molecule has 0 amide bonds. The minimum Gasteiger partial charge on any atom is -0.491 e. The van der Waals surface area contributed by atoms with Crippen LogP contribution in [0, 0.1) is 0 Å². The normalized spacial score (nSPS) is 11.8. The maximum Gasteiger partial charge on any atom is 0.312 e. The topological polar surface area (TPSA) is 105 Å². The van der Waals surface area contributed by atoms with E-state index >= 15 is 0 Å². The fourth-order valence-electron chi connectivity index (χ4n) is 1.49. The summed E-state index contributed by atoms with van der Waals surface area (Å²) in [4.78, 5) is 1.52. The molecule has 0 atom stereocenters. The van der Waals surface area contributed by atoms with Gasteiger partial charge in [-0.3, -0.25) is 0 Å². The molecule has 10 heteroatoms. The standard InChI is InChI=1S/C13H16N4O4S2/c1-17(2)9-14-23(19,20)13-16-15-12(22-13)10-3-5-11(6-4-10)21-8-7-18/h3-6,9,18H,7-8H2,1-2H3. The Morgan fingerprint density at radius 3 is 2.61 bits per heavy atom. The lowest BCUT2D eigenvalue weighted by Crippen LogP contribution is -2.10. The van der Waals surface area contributed by atoms with Crippen LogP contribution in [0.2, 0.25) is 0 Å². The van der Waals surface area contributed by atoms with Crippen molar-refractivity contribution in [1.82, 2.24) is 15.1 Å². The molecule has 1 aromatic heterocycles. The van der Waals surface area contributed by atoms with Crippen LogP contribution < -0.4 is 4.74 Å². The lowest BCUT2D eigenvalue weighted by Gasteiger charge is -2.03. The fourth-order valence-corrected chi connectivity index (χ4v) is 3.41. The van der Waals surface area contributed by atoms with Crippen LogP contribution in [0.1, 0.15) is 0 Å². The van der Waals surface area contributed by atoms with Crippen LogP contribution in [0.25, 0.3) is 10.6 Å². The highest BCUT2D eigenvalue weighted by Crippen LogP contribution is 2.28. The van der Waals surface area contributed by atoms with E-state index in [9.17, 15) is 8.42 Å². The van der Waals surface area contributed by atoms with Crippen molar-refractivity contribution in [2.75, 3.05) is 27.3 Å². The zero-order valence-corrected chi connectivity index (χ0v) is 14.2. The van der Waals surface area contributed by atoms with Crippen molar-refractivity contribution >= 4 is 27.7 Å². The second-order valence-corrected chi connectivity index (χ2v) is 7.41. The molecule has 0 bridgehead atoms. The number of aliphatic hydroxyl groups is 1. The molecular formula is C13H16N4O4S2. The van der Waals surface area contributed by atoms with E-state index in [1.807, 2.05) is 0 Å². The Morgan fingerprint density at radius 2 is 2.00 bits per heavy atom. The van der Waals surface area contributed by atoms with Crippen LogP contribution in [0.15, 0.2) is 33.0 Å². The third kappa shape index (κ3) is 4.71. The first kappa shape index (κ1) is 17.3. The highest BCUT2D eigenvalue weighted by molar-refractivity contribution is 7.92. The van der Waals surface area contributed by atoms with Crippen molar-refractivity contribution in [1.29, 1.82) is 0 Å². The van der Waals surface area contributed by atoms with Crippen molar-refractivity contribution < 1.29 is 18.3 Å². The SMILES string of the molecule is CN(C)C=NS(=O)(=O)c1nnc(-c2ccc(OCCO)cc2)s1. The minimum absolute atomic E-state index is 0.0627. The maximum atomic E-state index is 12.0. The third-order valence-corrected chi connectivity index (χ3v) is 5.05. The van der Waals surface area contributed by atoms with E-state index in [1.54, 1.807) is 38.4 Å². The number of hydrogen-bond donors (Lipinski definition) is 1. The first-order valence-corrected chi connectivity index (χ1v) is 8.82. The number of hydrogen-bond acceptors (Lipinski definition) is 7. The fraction of sp³-hybridized carbons (Fsp3) is 0.308. The van der Waals surface area contributed by atoms with Gasteiger partial charge in [0.2, 0.25) is 0 Å². The molecule has 0 unspecified atom stereocenters. The zero-order valence-electron chi connectivity index (χ0n) is 12.6. The van der Waals surface area contributed by atoms with Gasteiger partial charge in [-0.15, -0.1) is 14.6 Å². The number of aromatic nitrogens is 2. The summed E-state index contributed by atoms with van der Waals surface area (Å²) in [6, 6.07) is 6.91. The summed E-state index contributed by atoms with van der Waals surface area (Å²) in [6.07, 6.45) is 1.20. The van der Waals surface area contributed by atoms with Crippen molar-refractivity contribution in [3.05, 3.63) is 24.3 Å². The lowest BCUT2D eigenvalue weighted by atomic mass is 10.2. The van der Waals surface area contributed by atoms with Crippen molar-refractivity contribution in [2.45, 2.75) is 4.34 Å². The van der Waals surface area contributed by atoms with E-state index in [0.29, 0.717) is 10.8 Å². The summed E-state index contributed by atoms with van der Waals surface area (Å²) in [7, 11) is -0.499. The van der Waals surface area contributed by atoms with Crippen LogP contribution in [0.5, 0.6) is 5.75 Å². The molecule has 1 aromatic carbocycles. The van der Waals surface area contributed by atoms with Crippen LogP contribution >= 0.6 is 11.3 Å². The summed E-state index contributed by atoms with van der Waals surface area (Å²) in [6.45, 7) is 0.150. The number of sulfonamides is 1. The van der Waals surface area contributed by atoms with E-state index in [-0.39, 0.29) is 17.6 Å². The van der Waals surface area contributed by atoms with E-state index in [0.717, 1.165) is 16.9 Å². The number of ether oxygens (including phenoxy) is 1. The first-order valence-electron chi connectivity index (χ1n) is 6.57. The first-order chi connectivity index (χ1) is 10.9. The maximum absolute atomic E-state index is 12.0. The van der Waals surface area contributed by atoms with Crippen LogP contribution in [0.4, 0.5) is 0 Å². The molecule has 0 aliphatic heterocycles. The van der Waals surface area contributed by atoms with Gasteiger partial charge in [0, 0.05) is 19.7 Å². The van der Waals surface area contributed by atoms with Crippen molar-refractivity contribution in [2.24, 2.45) is 4.40 Å². The van der Waals surface area contributed by atoms with Gasteiger partial charge in [0.25, 0.3) is 4.34 Å². The van der Waals surface area contributed by atoms with E-state index in [2.05, 4.69) is 14.6 Å². The van der Waals surface area contributed by atoms with Gasteiger partial charge >= 0.3 is 10.0 Å². The second-order valence-electron chi connectivity index (χ2n) is 4.63. The molecule has 0 saturated carbocycles. The Hall–Kier alpha value is -2.04. The van der Waals surface area contributed by atoms with Crippen molar-refractivity contribution in [3.63, 3.8) is 0 Å². The van der Waals surface area contributed by atoms with Crippen LogP contribution in [-0.4, -0.2) is 62.3 Å². The summed E-state index contributed by atoms with van der Waals surface area (Å²) >= 11 is 0.945. The lowest BCUT2D eigenvalue weighted by molar-refractivity contribution is 0.201. The molecule has 23 heavy (non-hydrogen) atoms. The molecule has 1 heterocycles. The third-order valence-electron chi connectivity index (χ3n) is 2.51. The summed E-state index contributed by atoms with van der Waals surface area (Å²) in [5.74, 6) is 0.607. The molecular weight excluding hydrogens is 340 g/mol. The van der Waals surface area contributed by atoms with Gasteiger partial charge in [-0.25, -0.2) is 0 Å². The van der Waals surface area contributed by atoms with Gasteiger partial charge in [-0.2, -0.15) is 8.42 Å². The molecule has 0 aliphatic carbocycles. The van der Waals surface area contributed by atoms with Crippen LogP contribution in [0.3, 0.4) is 0 Å². The number of rotatable bonds is 7. The van der Waals surface area contributed by atoms with Crippen LogP contribution in [-0.2, 0) is 10.0 Å². The molecule has 0 radical (unpaired) electrons. The zero-order chi connectivity index (χ0) is 16.9. The largest absolute Gasteiger partial charge is 0.491 e.